The summed E-state index contributed by atoms with van der Waals surface area (Å²) in [6, 6.07) is 5.60. The van der Waals surface area contributed by atoms with Gasteiger partial charge in [0.1, 0.15) is 18.1 Å². The van der Waals surface area contributed by atoms with E-state index in [0.29, 0.717) is 25.0 Å². The zero-order valence-corrected chi connectivity index (χ0v) is 12.6. The van der Waals surface area contributed by atoms with Crippen molar-refractivity contribution in [2.24, 2.45) is 0 Å². The Balaban J connectivity index is 2.82. The van der Waals surface area contributed by atoms with Crippen LogP contribution >= 0.6 is 0 Å². The second-order valence-corrected chi connectivity index (χ2v) is 4.39. The van der Waals surface area contributed by atoms with Gasteiger partial charge in [-0.1, -0.05) is 13.0 Å². The van der Waals surface area contributed by atoms with E-state index in [1.54, 1.807) is 19.1 Å². The predicted octanol–water partition coefficient (Wildman–Crippen LogP) is 3.61. The van der Waals surface area contributed by atoms with Crippen molar-refractivity contribution in [3.05, 3.63) is 48.1 Å². The molecule has 0 aromatic heterocycles. The third-order valence-electron chi connectivity index (χ3n) is 2.93. The molecule has 4 heteroatoms. The zero-order valence-electron chi connectivity index (χ0n) is 12.6. The Hall–Kier alpha value is -2.23. The molecule has 0 saturated heterocycles. The number of hydrogen-bond acceptors (Lipinski definition) is 3. The minimum Gasteiger partial charge on any atom is -0.494 e. The van der Waals surface area contributed by atoms with E-state index >= 15 is 0 Å². The maximum absolute atomic E-state index is 10.9. The summed E-state index contributed by atoms with van der Waals surface area (Å²) < 4.78 is 11.1. The minimum absolute atomic E-state index is 0.230. The molecule has 0 unspecified atom stereocenters. The molecule has 21 heavy (non-hydrogen) atoms. The largest absolute Gasteiger partial charge is 0.494 e. The highest BCUT2D eigenvalue weighted by atomic mass is 16.5. The van der Waals surface area contributed by atoms with Gasteiger partial charge in [-0.05, 0) is 44.0 Å². The van der Waals surface area contributed by atoms with Crippen molar-refractivity contribution in [2.45, 2.75) is 26.7 Å². The van der Waals surface area contributed by atoms with Crippen LogP contribution in [-0.2, 0) is 11.2 Å². The van der Waals surface area contributed by atoms with Gasteiger partial charge in [0.2, 0.25) is 0 Å². The van der Waals surface area contributed by atoms with E-state index in [4.69, 9.17) is 14.6 Å². The number of hydrogen-bond donors (Lipinski definition) is 1. The number of ether oxygens (including phenoxy) is 2. The van der Waals surface area contributed by atoms with Crippen LogP contribution in [-0.4, -0.2) is 24.3 Å². The van der Waals surface area contributed by atoms with Gasteiger partial charge in [0.15, 0.2) is 0 Å². The number of benzene rings is 1. The Morgan fingerprint density at radius 3 is 2.67 bits per heavy atom. The number of allylic oxidation sites excluding steroid dienone is 1. The fraction of sp³-hybridized carbons (Fsp3) is 0.353. The zero-order chi connectivity index (χ0) is 15.7. The predicted molar refractivity (Wildman–Crippen MR) is 83.0 cm³/mol. The topological polar surface area (TPSA) is 55.8 Å². The molecule has 0 saturated carbocycles. The van der Waals surface area contributed by atoms with Crippen LogP contribution < -0.4 is 9.47 Å². The van der Waals surface area contributed by atoms with E-state index in [1.165, 1.54) is 0 Å². The molecule has 0 aliphatic carbocycles. The molecule has 114 valence electrons. The van der Waals surface area contributed by atoms with Gasteiger partial charge >= 0.3 is 5.97 Å². The Morgan fingerprint density at radius 1 is 1.33 bits per heavy atom. The molecule has 0 amide bonds. The molecule has 1 aromatic carbocycles. The first-order chi connectivity index (χ1) is 10.1. The Kier molecular flexibility index (Phi) is 7.09. The molecule has 1 aromatic rings. The van der Waals surface area contributed by atoms with Crippen LogP contribution in [0.3, 0.4) is 0 Å². The van der Waals surface area contributed by atoms with Gasteiger partial charge in [-0.2, -0.15) is 0 Å². The van der Waals surface area contributed by atoms with Gasteiger partial charge in [0, 0.05) is 11.1 Å². The average molecular weight is 290 g/mol. The molecule has 0 aliphatic rings. The second-order valence-electron chi connectivity index (χ2n) is 4.39. The standard InChI is InChI=1S/C17H22O4/c1-4-7-14-12-15(20-6-3)8-9-16(14)21-11-10-13(5-2)17(18)19/h4,8-10,12H,1,5-7,11H2,2-3H3,(H,18,19). The van der Waals surface area contributed by atoms with Crippen LogP contribution in [0.4, 0.5) is 0 Å². The van der Waals surface area contributed by atoms with Gasteiger partial charge in [-0.25, -0.2) is 4.79 Å². The first-order valence-electron chi connectivity index (χ1n) is 7.04. The van der Waals surface area contributed by atoms with Crippen LogP contribution in [0, 0.1) is 0 Å². The summed E-state index contributed by atoms with van der Waals surface area (Å²) in [6.45, 7) is 8.30. The van der Waals surface area contributed by atoms with Gasteiger partial charge < -0.3 is 14.6 Å². The fourth-order valence-corrected chi connectivity index (χ4v) is 1.88. The molecular weight excluding hydrogens is 268 g/mol. The van der Waals surface area contributed by atoms with E-state index in [2.05, 4.69) is 6.58 Å². The number of carbonyl (C=O) groups is 1. The molecule has 0 fully saturated rings. The van der Waals surface area contributed by atoms with Crippen molar-refractivity contribution in [2.75, 3.05) is 13.2 Å². The van der Waals surface area contributed by atoms with Crippen molar-refractivity contribution >= 4 is 5.97 Å². The summed E-state index contributed by atoms with van der Waals surface area (Å²) in [4.78, 5) is 10.9. The number of aliphatic carboxylic acids is 1. The third kappa shape index (κ3) is 5.34. The number of carboxylic acid groups (broad SMARTS) is 1. The van der Waals surface area contributed by atoms with E-state index in [1.807, 2.05) is 25.1 Å². The molecule has 4 nitrogen and oxygen atoms in total. The van der Waals surface area contributed by atoms with Crippen molar-refractivity contribution in [3.63, 3.8) is 0 Å². The molecular formula is C17H22O4. The van der Waals surface area contributed by atoms with Crippen molar-refractivity contribution < 1.29 is 19.4 Å². The van der Waals surface area contributed by atoms with Gasteiger partial charge in [-0.15, -0.1) is 6.58 Å². The van der Waals surface area contributed by atoms with Crippen LogP contribution in [0.1, 0.15) is 25.8 Å². The van der Waals surface area contributed by atoms with Crippen molar-refractivity contribution in [1.29, 1.82) is 0 Å². The summed E-state index contributed by atoms with van der Waals surface area (Å²) >= 11 is 0. The van der Waals surface area contributed by atoms with E-state index in [9.17, 15) is 4.79 Å². The van der Waals surface area contributed by atoms with Gasteiger partial charge in [0.25, 0.3) is 0 Å². The number of carboxylic acids is 1. The SMILES string of the molecule is C=CCc1cc(OCC)ccc1OCC=C(CC)C(=O)O. The summed E-state index contributed by atoms with van der Waals surface area (Å²) in [5.41, 5.74) is 1.32. The Labute approximate surface area is 125 Å². The lowest BCUT2D eigenvalue weighted by molar-refractivity contribution is -0.132. The van der Waals surface area contributed by atoms with E-state index in [0.717, 1.165) is 17.1 Å². The average Bonchev–Trinajstić information content (AvgIpc) is 2.45. The van der Waals surface area contributed by atoms with Crippen LogP contribution in [0.25, 0.3) is 0 Å². The van der Waals surface area contributed by atoms with Crippen LogP contribution in [0.5, 0.6) is 11.5 Å². The van der Waals surface area contributed by atoms with Crippen molar-refractivity contribution in [3.8, 4) is 11.5 Å². The number of rotatable bonds is 9. The summed E-state index contributed by atoms with van der Waals surface area (Å²) in [7, 11) is 0. The molecule has 0 heterocycles. The highest BCUT2D eigenvalue weighted by molar-refractivity contribution is 5.86. The molecule has 0 spiro atoms. The lowest BCUT2D eigenvalue weighted by atomic mass is 10.1. The molecule has 0 aliphatic heterocycles. The molecule has 0 bridgehead atoms. The van der Waals surface area contributed by atoms with Crippen LogP contribution in [0.2, 0.25) is 0 Å². The maximum atomic E-state index is 10.9. The maximum Gasteiger partial charge on any atom is 0.331 e. The monoisotopic (exact) mass is 290 g/mol. The minimum atomic E-state index is -0.904. The van der Waals surface area contributed by atoms with Gasteiger partial charge in [-0.3, -0.25) is 0 Å². The smallest absolute Gasteiger partial charge is 0.331 e. The highest BCUT2D eigenvalue weighted by Gasteiger charge is 2.06. The summed E-state index contributed by atoms with van der Waals surface area (Å²) in [6.07, 6.45) is 4.53. The normalized spacial score (nSPS) is 11.0. The lowest BCUT2D eigenvalue weighted by Crippen LogP contribution is -2.04. The molecule has 0 radical (unpaired) electrons. The Morgan fingerprint density at radius 2 is 2.10 bits per heavy atom. The molecule has 0 atom stereocenters. The summed E-state index contributed by atoms with van der Waals surface area (Å²) in [5, 5.41) is 8.95. The van der Waals surface area contributed by atoms with Crippen molar-refractivity contribution in [1.82, 2.24) is 0 Å². The van der Waals surface area contributed by atoms with Gasteiger partial charge in [0.05, 0.1) is 6.61 Å². The highest BCUT2D eigenvalue weighted by Crippen LogP contribution is 2.25. The first-order valence-corrected chi connectivity index (χ1v) is 7.04. The summed E-state index contributed by atoms with van der Waals surface area (Å²) in [5.74, 6) is 0.603. The second kappa shape index (κ2) is 8.84. The molecule has 1 rings (SSSR count). The molecule has 1 N–H and O–H groups in total. The quantitative estimate of drug-likeness (QED) is 0.557. The van der Waals surface area contributed by atoms with E-state index in [-0.39, 0.29) is 6.61 Å². The fourth-order valence-electron chi connectivity index (χ4n) is 1.88. The first kappa shape index (κ1) is 16.8. The van der Waals surface area contributed by atoms with E-state index < -0.39 is 5.97 Å². The third-order valence-corrected chi connectivity index (χ3v) is 2.93. The Bertz CT molecular complexity index is 518. The lowest BCUT2D eigenvalue weighted by Gasteiger charge is -2.11. The van der Waals surface area contributed by atoms with Crippen LogP contribution in [0.15, 0.2) is 42.5 Å².